The Balaban J connectivity index is 1.41. The lowest BCUT2D eigenvalue weighted by molar-refractivity contribution is 0.0795. The van der Waals surface area contributed by atoms with Crippen LogP contribution in [0.15, 0.2) is 90.9 Å². The molecular formula is C30H26FN3O3S. The van der Waals surface area contributed by atoms with E-state index in [2.05, 4.69) is 9.97 Å². The predicted molar refractivity (Wildman–Crippen MR) is 143 cm³/mol. The monoisotopic (exact) mass is 527 g/mol. The first-order chi connectivity index (χ1) is 18.4. The van der Waals surface area contributed by atoms with Crippen LogP contribution in [0.2, 0.25) is 0 Å². The highest BCUT2D eigenvalue weighted by Crippen LogP contribution is 2.51. The van der Waals surface area contributed by atoms with Gasteiger partial charge in [0, 0.05) is 18.3 Å². The van der Waals surface area contributed by atoms with E-state index in [4.69, 9.17) is 0 Å². The van der Waals surface area contributed by atoms with Crippen molar-refractivity contribution in [3.05, 3.63) is 119 Å². The van der Waals surface area contributed by atoms with E-state index < -0.39 is 20.5 Å². The van der Waals surface area contributed by atoms with Crippen molar-refractivity contribution >= 4 is 21.7 Å². The van der Waals surface area contributed by atoms with E-state index in [0.29, 0.717) is 24.2 Å². The maximum Gasteiger partial charge on any atom is 0.191 e. The van der Waals surface area contributed by atoms with Gasteiger partial charge in [0.25, 0.3) is 0 Å². The molecule has 0 N–H and O–H groups in total. The molecule has 2 aromatic carbocycles. The Hall–Kier alpha value is -3.91. The Bertz CT molecular complexity index is 1630. The topological polar surface area (TPSA) is 81.9 Å². The molecule has 0 aliphatic heterocycles. The van der Waals surface area contributed by atoms with Gasteiger partial charge in [-0.1, -0.05) is 42.0 Å². The Morgan fingerprint density at radius 1 is 1.00 bits per heavy atom. The average molecular weight is 528 g/mol. The van der Waals surface area contributed by atoms with Crippen molar-refractivity contribution in [2.45, 2.75) is 36.7 Å². The number of fused-ring (bicyclic) bond motifs is 2. The highest BCUT2D eigenvalue weighted by atomic mass is 32.2. The third-order valence-electron chi connectivity index (χ3n) is 7.75. The van der Waals surface area contributed by atoms with Crippen LogP contribution in [-0.4, -0.2) is 34.0 Å². The number of Topliss-reactive ketones (excluding diaryl/α,β-unsaturated/α-hetero) is 1. The number of sulfone groups is 1. The maximum absolute atomic E-state index is 14.1. The molecule has 2 aliphatic carbocycles. The van der Waals surface area contributed by atoms with Gasteiger partial charge in [-0.15, -0.1) is 0 Å². The fraction of sp³-hybridized carbons (Fsp3) is 0.233. The molecule has 38 heavy (non-hydrogen) atoms. The zero-order chi connectivity index (χ0) is 26.3. The van der Waals surface area contributed by atoms with E-state index in [1.165, 1.54) is 12.1 Å². The van der Waals surface area contributed by atoms with Gasteiger partial charge < -0.3 is 0 Å². The molecule has 1 fully saturated rings. The third kappa shape index (κ3) is 4.28. The van der Waals surface area contributed by atoms with Crippen LogP contribution < -0.4 is 0 Å². The average Bonchev–Trinajstić information content (AvgIpc) is 3.34. The van der Waals surface area contributed by atoms with Crippen molar-refractivity contribution in [2.24, 2.45) is 5.41 Å². The second-order valence-electron chi connectivity index (χ2n) is 10.1. The van der Waals surface area contributed by atoms with Gasteiger partial charge in [-0.2, -0.15) is 0 Å². The molecule has 2 aliphatic rings. The number of allylic oxidation sites excluding steroid dienone is 1. The van der Waals surface area contributed by atoms with Crippen molar-refractivity contribution < 1.29 is 17.6 Å². The smallest absolute Gasteiger partial charge is 0.191 e. The van der Waals surface area contributed by atoms with Gasteiger partial charge in [-0.3, -0.25) is 14.3 Å². The van der Waals surface area contributed by atoms with Crippen LogP contribution in [0.4, 0.5) is 4.39 Å². The number of carbonyl (C=O) groups is 1. The standard InChI is InChI=1S/C30H26FN3O3S/c31-23-10-12-24(13-11-23)34-20-33-27-18-30(29(35)26-8-4-5-15-32-26)17-25(14-9-22(30)16-28(27)34)38(36,37)19-21-6-2-1-3-7-21/h1-8,10-13,15-16,20,25H,9,14,17-19H2/t25-,30+/m0/s1. The minimum atomic E-state index is -3.52. The molecule has 2 aromatic heterocycles. The predicted octanol–water partition coefficient (Wildman–Crippen LogP) is 5.38. The summed E-state index contributed by atoms with van der Waals surface area (Å²) >= 11 is 0. The summed E-state index contributed by atoms with van der Waals surface area (Å²) in [6.45, 7) is 0. The highest BCUT2D eigenvalue weighted by molar-refractivity contribution is 7.91. The number of imidazole rings is 1. The molecule has 0 spiro atoms. The number of ketones is 1. The molecule has 0 bridgehead atoms. The molecule has 6 rings (SSSR count). The molecular weight excluding hydrogens is 501 g/mol. The summed E-state index contributed by atoms with van der Waals surface area (Å²) < 4.78 is 42.6. The number of halogens is 1. The fourth-order valence-electron chi connectivity index (χ4n) is 5.81. The molecule has 2 heterocycles. The molecule has 0 saturated heterocycles. The lowest BCUT2D eigenvalue weighted by Gasteiger charge is -2.43. The van der Waals surface area contributed by atoms with Gasteiger partial charge in [0.15, 0.2) is 15.6 Å². The van der Waals surface area contributed by atoms with Crippen molar-refractivity contribution in [3.63, 3.8) is 0 Å². The summed E-state index contributed by atoms with van der Waals surface area (Å²) in [5, 5.41) is -0.659. The summed E-state index contributed by atoms with van der Waals surface area (Å²) in [5.74, 6) is -0.558. The van der Waals surface area contributed by atoms with Crippen molar-refractivity contribution in [2.75, 3.05) is 0 Å². The first-order valence-electron chi connectivity index (χ1n) is 12.6. The number of hydrogen-bond donors (Lipinski definition) is 0. The van der Waals surface area contributed by atoms with E-state index in [1.807, 2.05) is 41.0 Å². The number of rotatable bonds is 6. The second kappa shape index (κ2) is 9.44. The Morgan fingerprint density at radius 2 is 1.76 bits per heavy atom. The van der Waals surface area contributed by atoms with Crippen LogP contribution in [0.3, 0.4) is 0 Å². The van der Waals surface area contributed by atoms with Crippen LogP contribution in [0.5, 0.6) is 0 Å². The van der Waals surface area contributed by atoms with Gasteiger partial charge in [0.2, 0.25) is 0 Å². The zero-order valence-electron chi connectivity index (χ0n) is 20.6. The Morgan fingerprint density at radius 3 is 2.50 bits per heavy atom. The summed E-state index contributed by atoms with van der Waals surface area (Å²) in [6.07, 6.45) is 6.63. The number of aromatic nitrogens is 3. The maximum atomic E-state index is 14.1. The normalized spacial score (nSPS) is 20.8. The molecule has 1 saturated carbocycles. The molecule has 192 valence electrons. The van der Waals surface area contributed by atoms with E-state index in [9.17, 15) is 17.6 Å². The van der Waals surface area contributed by atoms with E-state index in [-0.39, 0.29) is 30.2 Å². The second-order valence-corrected chi connectivity index (χ2v) is 12.3. The van der Waals surface area contributed by atoms with Gasteiger partial charge in [-0.05, 0) is 67.3 Å². The summed E-state index contributed by atoms with van der Waals surface area (Å²) in [5.41, 5.74) is 3.22. The van der Waals surface area contributed by atoms with Crippen LogP contribution in [0.25, 0.3) is 11.8 Å². The highest BCUT2D eigenvalue weighted by Gasteiger charge is 2.52. The van der Waals surface area contributed by atoms with Crippen LogP contribution >= 0.6 is 0 Å². The number of hydrogen-bond acceptors (Lipinski definition) is 5. The Kier molecular flexibility index (Phi) is 6.07. The molecule has 2 atom stereocenters. The lowest BCUT2D eigenvalue weighted by Crippen LogP contribution is -2.46. The van der Waals surface area contributed by atoms with Gasteiger partial charge >= 0.3 is 0 Å². The largest absolute Gasteiger partial charge is 0.299 e. The molecule has 0 radical (unpaired) electrons. The molecule has 6 nitrogen and oxygen atoms in total. The van der Waals surface area contributed by atoms with Crippen LogP contribution in [0, 0.1) is 11.2 Å². The molecule has 0 unspecified atom stereocenters. The van der Waals surface area contributed by atoms with E-state index >= 15 is 0 Å². The number of carbonyl (C=O) groups excluding carboxylic acids is 1. The first kappa shape index (κ1) is 24.4. The van der Waals surface area contributed by atoms with Gasteiger partial charge in [-0.25, -0.2) is 17.8 Å². The minimum Gasteiger partial charge on any atom is -0.299 e. The lowest BCUT2D eigenvalue weighted by atomic mass is 9.62. The summed E-state index contributed by atoms with van der Waals surface area (Å²) in [7, 11) is -3.52. The Labute approximate surface area is 220 Å². The number of benzene rings is 2. The van der Waals surface area contributed by atoms with Gasteiger partial charge in [0.1, 0.15) is 11.5 Å². The van der Waals surface area contributed by atoms with Crippen molar-refractivity contribution in [3.8, 4) is 5.69 Å². The van der Waals surface area contributed by atoms with Crippen LogP contribution in [-0.2, 0) is 22.0 Å². The fourth-order valence-corrected chi connectivity index (χ4v) is 7.72. The van der Waals surface area contributed by atoms with Gasteiger partial charge in [0.05, 0.1) is 34.1 Å². The van der Waals surface area contributed by atoms with Crippen molar-refractivity contribution in [1.82, 2.24) is 14.5 Å². The number of nitrogens with zero attached hydrogens (tertiary/aromatic N) is 3. The first-order valence-corrected chi connectivity index (χ1v) is 14.3. The summed E-state index contributed by atoms with van der Waals surface area (Å²) in [6, 6.07) is 20.5. The van der Waals surface area contributed by atoms with E-state index in [0.717, 1.165) is 22.5 Å². The minimum absolute atomic E-state index is 0.0597. The van der Waals surface area contributed by atoms with Crippen molar-refractivity contribution in [1.29, 1.82) is 0 Å². The molecule has 4 aromatic rings. The number of pyridine rings is 1. The van der Waals surface area contributed by atoms with Crippen LogP contribution in [0.1, 0.15) is 46.7 Å². The quantitative estimate of drug-likeness (QED) is 0.315. The van der Waals surface area contributed by atoms with E-state index in [1.54, 1.807) is 42.9 Å². The zero-order valence-corrected chi connectivity index (χ0v) is 21.4. The molecule has 0 amide bonds. The molecule has 8 heteroatoms. The SMILES string of the molecule is O=C(c1ccccn1)[C@]12Cc3ncn(-c4ccc(F)cc4)c3C=C1CC[C@H](S(=O)(=O)Cc1ccccc1)C2. The summed E-state index contributed by atoms with van der Waals surface area (Å²) in [4.78, 5) is 23.1. The third-order valence-corrected chi connectivity index (χ3v) is 9.90.